The van der Waals surface area contributed by atoms with Crippen molar-refractivity contribution in [3.63, 3.8) is 0 Å². The first kappa shape index (κ1) is 23.1. The third-order valence-corrected chi connectivity index (χ3v) is 4.92. The predicted molar refractivity (Wildman–Crippen MR) is 120 cm³/mol. The van der Waals surface area contributed by atoms with E-state index in [-0.39, 0.29) is 30.3 Å². The van der Waals surface area contributed by atoms with E-state index in [9.17, 15) is 14.0 Å². The Morgan fingerprint density at radius 1 is 1.19 bits per heavy atom. The fourth-order valence-electron chi connectivity index (χ4n) is 3.19. The van der Waals surface area contributed by atoms with Gasteiger partial charge in [0.15, 0.2) is 5.96 Å². The number of halogens is 1. The minimum atomic E-state index is -0.302. The predicted octanol–water partition coefficient (Wildman–Crippen LogP) is 1.53. The van der Waals surface area contributed by atoms with Crippen LogP contribution in [0.2, 0.25) is 0 Å². The molecule has 1 atom stereocenters. The molecule has 32 heavy (non-hydrogen) atoms. The number of rotatable bonds is 7. The molecule has 1 aliphatic rings. The molecule has 3 rings (SSSR count). The van der Waals surface area contributed by atoms with Crippen molar-refractivity contribution in [2.45, 2.75) is 19.6 Å². The number of amides is 2. The molecule has 0 radical (unpaired) electrons. The Morgan fingerprint density at radius 3 is 2.56 bits per heavy atom. The summed E-state index contributed by atoms with van der Waals surface area (Å²) in [5.74, 6) is 0.625. The average molecular weight is 442 g/mol. The lowest BCUT2D eigenvalue weighted by atomic mass is 10.1. The quantitative estimate of drug-likeness (QED) is 0.448. The van der Waals surface area contributed by atoms with Crippen LogP contribution < -0.4 is 20.7 Å². The summed E-state index contributed by atoms with van der Waals surface area (Å²) in [5.41, 5.74) is 1.54. The van der Waals surface area contributed by atoms with Gasteiger partial charge in [0.1, 0.15) is 17.7 Å². The van der Waals surface area contributed by atoms with Crippen molar-refractivity contribution in [3.05, 3.63) is 65.5 Å². The van der Waals surface area contributed by atoms with E-state index in [1.807, 2.05) is 19.1 Å². The molecular formula is C23H28FN5O3. The molecule has 0 aliphatic carbocycles. The number of aliphatic imine (C=N–C) groups is 1. The van der Waals surface area contributed by atoms with Gasteiger partial charge in [-0.1, -0.05) is 12.1 Å². The molecule has 2 amide bonds. The Bertz CT molecular complexity index is 947. The van der Waals surface area contributed by atoms with E-state index >= 15 is 0 Å². The highest BCUT2D eigenvalue weighted by Crippen LogP contribution is 2.13. The van der Waals surface area contributed by atoms with Crippen molar-refractivity contribution in [2.75, 3.05) is 33.2 Å². The zero-order valence-corrected chi connectivity index (χ0v) is 18.2. The number of guanidine groups is 1. The van der Waals surface area contributed by atoms with Crippen LogP contribution in [0.25, 0.3) is 0 Å². The van der Waals surface area contributed by atoms with Crippen molar-refractivity contribution in [1.29, 1.82) is 0 Å². The first-order valence-corrected chi connectivity index (χ1v) is 10.5. The van der Waals surface area contributed by atoms with Gasteiger partial charge in [0, 0.05) is 32.2 Å². The first-order valence-electron chi connectivity index (χ1n) is 10.5. The fraction of sp³-hybridized carbons (Fsp3) is 0.348. The number of nitrogens with one attached hydrogen (secondary N) is 3. The van der Waals surface area contributed by atoms with Gasteiger partial charge in [-0.05, 0) is 48.9 Å². The van der Waals surface area contributed by atoms with Gasteiger partial charge in [-0.15, -0.1) is 0 Å². The summed E-state index contributed by atoms with van der Waals surface area (Å²) in [5, 5.41) is 9.12. The summed E-state index contributed by atoms with van der Waals surface area (Å²) in [4.78, 5) is 29.8. The summed E-state index contributed by atoms with van der Waals surface area (Å²) in [7, 11) is 1.68. The van der Waals surface area contributed by atoms with Gasteiger partial charge in [-0.3, -0.25) is 14.6 Å². The second-order valence-electron chi connectivity index (χ2n) is 7.46. The van der Waals surface area contributed by atoms with Gasteiger partial charge >= 0.3 is 0 Å². The van der Waals surface area contributed by atoms with Crippen LogP contribution in [0.5, 0.6) is 5.75 Å². The zero-order chi connectivity index (χ0) is 22.9. The Balaban J connectivity index is 1.44. The maximum absolute atomic E-state index is 13.0. The second kappa shape index (κ2) is 11.1. The fourth-order valence-corrected chi connectivity index (χ4v) is 3.19. The molecule has 2 aromatic rings. The van der Waals surface area contributed by atoms with Crippen molar-refractivity contribution < 1.29 is 18.7 Å². The molecule has 1 saturated heterocycles. The van der Waals surface area contributed by atoms with Crippen LogP contribution in [0.1, 0.15) is 22.8 Å². The molecule has 1 unspecified atom stereocenters. The maximum Gasteiger partial charge on any atom is 0.254 e. The second-order valence-corrected chi connectivity index (χ2v) is 7.46. The smallest absolute Gasteiger partial charge is 0.254 e. The van der Waals surface area contributed by atoms with Crippen LogP contribution in [-0.4, -0.2) is 62.0 Å². The number of piperazine rings is 1. The number of carbonyl (C=O) groups excluding carboxylic acids is 2. The third kappa shape index (κ3) is 6.69. The third-order valence-electron chi connectivity index (χ3n) is 4.92. The molecule has 2 aromatic carbocycles. The van der Waals surface area contributed by atoms with Gasteiger partial charge in [0.05, 0.1) is 13.1 Å². The number of benzene rings is 2. The summed E-state index contributed by atoms with van der Waals surface area (Å²) >= 11 is 0. The van der Waals surface area contributed by atoms with E-state index in [0.717, 1.165) is 5.56 Å². The minimum absolute atomic E-state index is 0.0907. The van der Waals surface area contributed by atoms with Crippen LogP contribution >= 0.6 is 0 Å². The number of nitrogens with zero attached hydrogens (tertiary/aromatic N) is 2. The molecule has 1 fully saturated rings. The lowest BCUT2D eigenvalue weighted by molar-refractivity contribution is -0.123. The van der Waals surface area contributed by atoms with E-state index in [1.54, 1.807) is 36.2 Å². The van der Waals surface area contributed by atoms with Crippen LogP contribution in [0.3, 0.4) is 0 Å². The normalized spacial score (nSPS) is 15.0. The minimum Gasteiger partial charge on any atom is -0.489 e. The summed E-state index contributed by atoms with van der Waals surface area (Å²) in [6, 6.07) is 13.2. The topological polar surface area (TPSA) is 95.1 Å². The van der Waals surface area contributed by atoms with E-state index in [4.69, 9.17) is 4.74 Å². The molecule has 8 nitrogen and oxygen atoms in total. The van der Waals surface area contributed by atoms with Crippen LogP contribution in [0, 0.1) is 5.82 Å². The van der Waals surface area contributed by atoms with Crippen LogP contribution in [0.4, 0.5) is 4.39 Å². The summed E-state index contributed by atoms with van der Waals surface area (Å²) in [6.07, 6.45) is -0.152. The van der Waals surface area contributed by atoms with E-state index < -0.39 is 0 Å². The molecule has 9 heteroatoms. The average Bonchev–Trinajstić information content (AvgIpc) is 2.80. The SMILES string of the molecule is CN=C(NCc1ccc(C(=O)N2CCNC(=O)C2)cc1)NCC(C)Oc1ccc(F)cc1. The van der Waals surface area contributed by atoms with Crippen LogP contribution in [-0.2, 0) is 11.3 Å². The Kier molecular flexibility index (Phi) is 8.02. The van der Waals surface area contributed by atoms with Gasteiger partial charge < -0.3 is 25.6 Å². The number of hydrogen-bond acceptors (Lipinski definition) is 4. The molecular weight excluding hydrogens is 413 g/mol. The highest BCUT2D eigenvalue weighted by atomic mass is 19.1. The lowest BCUT2D eigenvalue weighted by Crippen LogP contribution is -2.49. The van der Waals surface area contributed by atoms with E-state index in [0.29, 0.717) is 43.5 Å². The van der Waals surface area contributed by atoms with E-state index in [2.05, 4.69) is 20.9 Å². The molecule has 1 aliphatic heterocycles. The van der Waals surface area contributed by atoms with Gasteiger partial charge in [-0.25, -0.2) is 4.39 Å². The van der Waals surface area contributed by atoms with Gasteiger partial charge in [0.2, 0.25) is 5.91 Å². The highest BCUT2D eigenvalue weighted by molar-refractivity contribution is 5.97. The molecule has 3 N–H and O–H groups in total. The Hall–Kier alpha value is -3.62. The molecule has 0 aromatic heterocycles. The Morgan fingerprint density at radius 2 is 1.91 bits per heavy atom. The molecule has 0 saturated carbocycles. The lowest BCUT2D eigenvalue weighted by Gasteiger charge is -2.26. The first-order chi connectivity index (χ1) is 15.4. The highest BCUT2D eigenvalue weighted by Gasteiger charge is 2.22. The van der Waals surface area contributed by atoms with Crippen molar-refractivity contribution >= 4 is 17.8 Å². The van der Waals surface area contributed by atoms with Crippen molar-refractivity contribution in [2.24, 2.45) is 4.99 Å². The zero-order valence-electron chi connectivity index (χ0n) is 18.2. The number of hydrogen-bond donors (Lipinski definition) is 3. The van der Waals surface area contributed by atoms with E-state index in [1.165, 1.54) is 12.1 Å². The largest absolute Gasteiger partial charge is 0.489 e. The molecule has 1 heterocycles. The summed E-state index contributed by atoms with van der Waals surface area (Å²) < 4.78 is 18.7. The van der Waals surface area contributed by atoms with Gasteiger partial charge in [0.25, 0.3) is 5.91 Å². The Labute approximate surface area is 186 Å². The monoisotopic (exact) mass is 441 g/mol. The number of carbonyl (C=O) groups is 2. The van der Waals surface area contributed by atoms with Gasteiger partial charge in [-0.2, -0.15) is 0 Å². The molecule has 0 bridgehead atoms. The van der Waals surface area contributed by atoms with Crippen LogP contribution in [0.15, 0.2) is 53.5 Å². The number of ether oxygens (including phenoxy) is 1. The molecule has 0 spiro atoms. The maximum atomic E-state index is 13.0. The standard InChI is InChI=1S/C23H28FN5O3/c1-16(32-20-9-7-19(24)8-10-20)13-27-23(25-2)28-14-17-3-5-18(6-4-17)22(31)29-12-11-26-21(30)15-29/h3-10,16H,11-15H2,1-2H3,(H,26,30)(H2,25,27,28). The summed E-state index contributed by atoms with van der Waals surface area (Å²) in [6.45, 7) is 4.02. The van der Waals surface area contributed by atoms with Crippen molar-refractivity contribution in [1.82, 2.24) is 20.9 Å². The molecule has 170 valence electrons. The van der Waals surface area contributed by atoms with Crippen molar-refractivity contribution in [3.8, 4) is 5.75 Å².